The topological polar surface area (TPSA) is 33.1 Å². The van der Waals surface area contributed by atoms with E-state index in [4.69, 9.17) is 10.1 Å². The highest BCUT2D eigenvalue weighted by molar-refractivity contribution is 5.98. The number of nitrogens with one attached hydrogen (secondary N) is 1. The van der Waals surface area contributed by atoms with Gasteiger partial charge in [-0.15, -0.1) is 0 Å². The van der Waals surface area contributed by atoms with E-state index in [1.165, 1.54) is 5.56 Å². The first-order valence-electron chi connectivity index (χ1n) is 4.94. The molecule has 0 saturated heterocycles. The normalized spacial score (nSPS) is 9.93. The molecule has 0 atom stereocenters. The van der Waals surface area contributed by atoms with Gasteiger partial charge >= 0.3 is 0 Å². The molecular formula is C12H17NO. The van der Waals surface area contributed by atoms with Crippen molar-refractivity contribution in [2.75, 3.05) is 6.61 Å². The molecule has 76 valence electrons. The van der Waals surface area contributed by atoms with Crippen molar-refractivity contribution in [1.82, 2.24) is 0 Å². The van der Waals surface area contributed by atoms with Crippen LogP contribution in [-0.4, -0.2) is 12.3 Å². The molecule has 1 N–H and O–H groups in total. The Morgan fingerprint density at radius 2 is 2.14 bits per heavy atom. The molecule has 14 heavy (non-hydrogen) atoms. The predicted molar refractivity (Wildman–Crippen MR) is 59.5 cm³/mol. The Labute approximate surface area is 85.4 Å². The maximum atomic E-state index is 7.60. The van der Waals surface area contributed by atoms with Gasteiger partial charge in [0.05, 0.1) is 6.61 Å². The largest absolute Gasteiger partial charge is 0.493 e. The molecule has 0 aliphatic rings. The number of rotatable bonds is 4. The first kappa shape index (κ1) is 10.8. The van der Waals surface area contributed by atoms with E-state index in [-0.39, 0.29) is 0 Å². The number of benzene rings is 1. The van der Waals surface area contributed by atoms with E-state index < -0.39 is 0 Å². The van der Waals surface area contributed by atoms with E-state index in [1.54, 1.807) is 6.92 Å². The first-order chi connectivity index (χ1) is 6.65. The Morgan fingerprint density at radius 3 is 2.71 bits per heavy atom. The Kier molecular flexibility index (Phi) is 3.69. The lowest BCUT2D eigenvalue weighted by molar-refractivity contribution is 0.316. The summed E-state index contributed by atoms with van der Waals surface area (Å²) in [5.74, 6) is 0.833. The molecule has 2 heteroatoms. The lowest BCUT2D eigenvalue weighted by Crippen LogP contribution is -2.02. The highest BCUT2D eigenvalue weighted by Crippen LogP contribution is 2.20. The Bertz CT molecular complexity index is 331. The maximum absolute atomic E-state index is 7.60. The van der Waals surface area contributed by atoms with Crippen molar-refractivity contribution in [2.45, 2.75) is 27.2 Å². The fraction of sp³-hybridized carbons (Fsp3) is 0.417. The maximum Gasteiger partial charge on any atom is 0.128 e. The average Bonchev–Trinajstić information content (AvgIpc) is 2.14. The smallest absolute Gasteiger partial charge is 0.128 e. The molecule has 2 nitrogen and oxygen atoms in total. The summed E-state index contributed by atoms with van der Waals surface area (Å²) < 4.78 is 5.59. The zero-order valence-electron chi connectivity index (χ0n) is 9.05. The van der Waals surface area contributed by atoms with Crippen LogP contribution in [0.3, 0.4) is 0 Å². The van der Waals surface area contributed by atoms with Crippen LogP contribution in [0.2, 0.25) is 0 Å². The highest BCUT2D eigenvalue weighted by atomic mass is 16.5. The predicted octanol–water partition coefficient (Wildman–Crippen LogP) is 3.17. The van der Waals surface area contributed by atoms with Gasteiger partial charge in [0.15, 0.2) is 0 Å². The van der Waals surface area contributed by atoms with Crippen molar-refractivity contribution in [2.24, 2.45) is 0 Å². The second kappa shape index (κ2) is 4.80. The second-order valence-electron chi connectivity index (χ2n) is 3.47. The van der Waals surface area contributed by atoms with E-state index in [2.05, 4.69) is 6.92 Å². The molecule has 1 aromatic rings. The molecule has 0 amide bonds. The SMILES string of the molecule is CCCOc1cc(C)ccc1C(C)=N. The van der Waals surface area contributed by atoms with E-state index in [0.717, 1.165) is 17.7 Å². The van der Waals surface area contributed by atoms with E-state index >= 15 is 0 Å². The molecule has 1 rings (SSSR count). The Morgan fingerprint density at radius 1 is 1.43 bits per heavy atom. The van der Waals surface area contributed by atoms with Gasteiger partial charge in [-0.25, -0.2) is 0 Å². The van der Waals surface area contributed by atoms with Crippen molar-refractivity contribution in [3.63, 3.8) is 0 Å². The summed E-state index contributed by atoms with van der Waals surface area (Å²) in [5.41, 5.74) is 2.61. The molecule has 0 saturated carbocycles. The van der Waals surface area contributed by atoms with Crippen LogP contribution in [-0.2, 0) is 0 Å². The average molecular weight is 191 g/mol. The molecule has 0 aliphatic heterocycles. The highest BCUT2D eigenvalue weighted by Gasteiger charge is 2.05. The second-order valence-corrected chi connectivity index (χ2v) is 3.47. The van der Waals surface area contributed by atoms with Crippen molar-refractivity contribution in [3.8, 4) is 5.75 Å². The Balaban J connectivity index is 2.97. The van der Waals surface area contributed by atoms with Crippen LogP contribution in [0, 0.1) is 12.3 Å². The molecule has 1 aromatic carbocycles. The van der Waals surface area contributed by atoms with Gasteiger partial charge in [-0.3, -0.25) is 0 Å². The van der Waals surface area contributed by atoms with Gasteiger partial charge < -0.3 is 10.1 Å². The van der Waals surface area contributed by atoms with Crippen LogP contribution in [0.1, 0.15) is 31.4 Å². The molecular weight excluding hydrogens is 174 g/mol. The first-order valence-corrected chi connectivity index (χ1v) is 4.94. The number of hydrogen-bond acceptors (Lipinski definition) is 2. The minimum atomic E-state index is 0.552. The van der Waals surface area contributed by atoms with Gasteiger partial charge in [0, 0.05) is 11.3 Å². The van der Waals surface area contributed by atoms with Crippen LogP contribution in [0.25, 0.3) is 0 Å². The fourth-order valence-electron chi connectivity index (χ4n) is 1.27. The lowest BCUT2D eigenvalue weighted by atomic mass is 10.1. The molecule has 0 bridgehead atoms. The van der Waals surface area contributed by atoms with E-state index in [9.17, 15) is 0 Å². The molecule has 0 aromatic heterocycles. The van der Waals surface area contributed by atoms with E-state index in [0.29, 0.717) is 12.3 Å². The van der Waals surface area contributed by atoms with Gasteiger partial charge in [0.1, 0.15) is 5.75 Å². The zero-order chi connectivity index (χ0) is 10.6. The third-order valence-corrected chi connectivity index (χ3v) is 2.00. The van der Waals surface area contributed by atoms with Crippen molar-refractivity contribution >= 4 is 5.71 Å². The standard InChI is InChI=1S/C12H17NO/c1-4-7-14-12-8-9(2)5-6-11(12)10(3)13/h5-6,8,13H,4,7H2,1-3H3. The summed E-state index contributed by atoms with van der Waals surface area (Å²) in [6.07, 6.45) is 0.991. The fourth-order valence-corrected chi connectivity index (χ4v) is 1.27. The third kappa shape index (κ3) is 2.59. The summed E-state index contributed by atoms with van der Waals surface area (Å²) in [5, 5.41) is 7.60. The lowest BCUT2D eigenvalue weighted by Gasteiger charge is -2.10. The summed E-state index contributed by atoms with van der Waals surface area (Å²) in [7, 11) is 0. The van der Waals surface area contributed by atoms with Crippen molar-refractivity contribution in [1.29, 1.82) is 5.41 Å². The van der Waals surface area contributed by atoms with Gasteiger partial charge in [-0.1, -0.05) is 13.0 Å². The molecule has 0 unspecified atom stereocenters. The summed E-state index contributed by atoms with van der Waals surface area (Å²) in [4.78, 5) is 0. The van der Waals surface area contributed by atoms with Gasteiger partial charge in [0.2, 0.25) is 0 Å². The minimum Gasteiger partial charge on any atom is -0.493 e. The molecule has 0 heterocycles. The van der Waals surface area contributed by atoms with Crippen molar-refractivity contribution < 1.29 is 4.74 Å². The molecule has 0 radical (unpaired) electrons. The van der Waals surface area contributed by atoms with Crippen LogP contribution < -0.4 is 4.74 Å². The quantitative estimate of drug-likeness (QED) is 0.728. The monoisotopic (exact) mass is 191 g/mol. The van der Waals surface area contributed by atoms with Gasteiger partial charge in [-0.05, 0) is 38.0 Å². The number of ether oxygens (including phenoxy) is 1. The molecule has 0 fully saturated rings. The minimum absolute atomic E-state index is 0.552. The molecule has 0 spiro atoms. The van der Waals surface area contributed by atoms with Gasteiger partial charge in [0.25, 0.3) is 0 Å². The Hall–Kier alpha value is -1.31. The zero-order valence-corrected chi connectivity index (χ0v) is 9.05. The van der Waals surface area contributed by atoms with Crippen LogP contribution in [0.5, 0.6) is 5.75 Å². The van der Waals surface area contributed by atoms with E-state index in [1.807, 2.05) is 25.1 Å². The summed E-state index contributed by atoms with van der Waals surface area (Å²) in [6.45, 7) is 6.60. The van der Waals surface area contributed by atoms with Crippen molar-refractivity contribution in [3.05, 3.63) is 29.3 Å². The van der Waals surface area contributed by atoms with Crippen LogP contribution in [0.15, 0.2) is 18.2 Å². The third-order valence-electron chi connectivity index (χ3n) is 2.00. The number of hydrogen-bond donors (Lipinski definition) is 1. The number of aryl methyl sites for hydroxylation is 1. The molecule has 0 aliphatic carbocycles. The van der Waals surface area contributed by atoms with Crippen LogP contribution >= 0.6 is 0 Å². The summed E-state index contributed by atoms with van der Waals surface area (Å²) >= 11 is 0. The van der Waals surface area contributed by atoms with Gasteiger partial charge in [-0.2, -0.15) is 0 Å². The summed E-state index contributed by atoms with van der Waals surface area (Å²) in [6, 6.07) is 5.94. The van der Waals surface area contributed by atoms with Crippen LogP contribution in [0.4, 0.5) is 0 Å².